The molecule has 1 amide bonds. The van der Waals surface area contributed by atoms with Crippen molar-refractivity contribution in [3.63, 3.8) is 0 Å². The normalized spacial score (nSPS) is 23.5. The van der Waals surface area contributed by atoms with Crippen LogP contribution in [0.25, 0.3) is 0 Å². The van der Waals surface area contributed by atoms with Crippen LogP contribution in [0.3, 0.4) is 0 Å². The average molecular weight is 605 g/mol. The summed E-state index contributed by atoms with van der Waals surface area (Å²) in [6, 6.07) is 3.71. The van der Waals surface area contributed by atoms with Crippen molar-refractivity contribution in [2.45, 2.75) is 71.1 Å². The van der Waals surface area contributed by atoms with Gasteiger partial charge in [-0.3, -0.25) is 14.6 Å². The van der Waals surface area contributed by atoms with Gasteiger partial charge in [-0.1, -0.05) is 72.5 Å². The minimum absolute atomic E-state index is 0.0230. The van der Waals surface area contributed by atoms with Gasteiger partial charge >= 0.3 is 5.97 Å². The Morgan fingerprint density at radius 1 is 1.16 bits per heavy atom. The molecule has 1 saturated carbocycles. The molecule has 7 heteroatoms. The van der Waals surface area contributed by atoms with Crippen LogP contribution in [-0.4, -0.2) is 41.7 Å². The first kappa shape index (κ1) is 31.2. The Labute approximate surface area is 259 Å². The predicted octanol–water partition coefficient (Wildman–Crippen LogP) is 8.58. The summed E-state index contributed by atoms with van der Waals surface area (Å²) < 4.78 is 14.9. The average Bonchev–Trinajstić information content (AvgIpc) is 3.75. The number of aryl methyl sites for hydroxylation is 1. The third-order valence-corrected chi connectivity index (χ3v) is 9.81. The largest absolute Gasteiger partial charge is 0.481 e. The van der Waals surface area contributed by atoms with Crippen LogP contribution in [0.2, 0.25) is 0 Å². The van der Waals surface area contributed by atoms with Crippen molar-refractivity contribution < 1.29 is 19.1 Å². The number of carboxylic acid groups (broad SMARTS) is 1. The molecule has 5 nitrogen and oxygen atoms in total. The number of halogens is 2. The van der Waals surface area contributed by atoms with Crippen LogP contribution in [-0.2, 0) is 9.59 Å². The van der Waals surface area contributed by atoms with Crippen molar-refractivity contribution in [3.8, 4) is 0 Å². The lowest BCUT2D eigenvalue weighted by Gasteiger charge is -2.33. The van der Waals surface area contributed by atoms with Gasteiger partial charge in [0.1, 0.15) is 11.5 Å². The lowest BCUT2D eigenvalue weighted by atomic mass is 9.71. The molecule has 3 aliphatic carbocycles. The van der Waals surface area contributed by atoms with Gasteiger partial charge in [0.2, 0.25) is 5.91 Å². The molecule has 5 unspecified atom stereocenters. The van der Waals surface area contributed by atoms with Crippen LogP contribution >= 0.6 is 11.6 Å². The maximum atomic E-state index is 14.9. The maximum absolute atomic E-state index is 14.9. The molecule has 0 radical (unpaired) electrons. The Bertz CT molecular complexity index is 1450. The molecule has 1 heterocycles. The summed E-state index contributed by atoms with van der Waals surface area (Å²) in [5, 5.41) is 9.66. The summed E-state index contributed by atoms with van der Waals surface area (Å²) in [4.78, 5) is 29.5. The predicted molar refractivity (Wildman–Crippen MR) is 171 cm³/mol. The van der Waals surface area contributed by atoms with Gasteiger partial charge in [-0.2, -0.15) is 0 Å². The van der Waals surface area contributed by atoms with Crippen molar-refractivity contribution in [3.05, 3.63) is 87.3 Å². The summed E-state index contributed by atoms with van der Waals surface area (Å²) in [5.41, 5.74) is 6.48. The van der Waals surface area contributed by atoms with Gasteiger partial charge in [-0.25, -0.2) is 4.39 Å². The number of hydrogen-bond donors (Lipinski definition) is 1. The fraction of sp³-hybridized carbons (Fsp3) is 0.472. The van der Waals surface area contributed by atoms with Gasteiger partial charge in [0.15, 0.2) is 0 Å². The first-order valence-corrected chi connectivity index (χ1v) is 16.0. The minimum atomic E-state index is -0.897. The molecule has 43 heavy (non-hydrogen) atoms. The molecule has 4 aliphatic rings. The molecule has 1 aromatic rings. The fourth-order valence-electron chi connectivity index (χ4n) is 7.30. The number of carbonyl (C=O) groups is 2. The third kappa shape index (κ3) is 7.12. The molecule has 5 rings (SSSR count). The Kier molecular flexibility index (Phi) is 9.85. The highest BCUT2D eigenvalue weighted by atomic mass is 35.5. The molecular weight excluding hydrogens is 563 g/mol. The van der Waals surface area contributed by atoms with E-state index in [1.807, 2.05) is 25.3 Å². The SMILES string of the molecule is CCCC(C1=CC=C(CCC(=O)N(C)CCC(=O)O)CC1)C(C1=CCC=C(Cl)C=C1)C1C2C=Nc3c(F)cc(C)cc3C21. The molecule has 5 atom stereocenters. The van der Waals surface area contributed by atoms with Crippen LogP contribution in [0.5, 0.6) is 0 Å². The van der Waals surface area contributed by atoms with Crippen LogP contribution in [0.15, 0.2) is 75.3 Å². The molecule has 1 aromatic carbocycles. The van der Waals surface area contributed by atoms with E-state index in [1.165, 1.54) is 21.6 Å². The topological polar surface area (TPSA) is 70.0 Å². The number of carboxylic acids is 1. The molecule has 0 spiro atoms. The molecule has 228 valence electrons. The zero-order valence-corrected chi connectivity index (χ0v) is 26.1. The highest BCUT2D eigenvalue weighted by Gasteiger charge is 2.58. The van der Waals surface area contributed by atoms with E-state index in [2.05, 4.69) is 42.3 Å². The van der Waals surface area contributed by atoms with E-state index in [0.717, 1.165) is 48.3 Å². The Morgan fingerprint density at radius 2 is 1.98 bits per heavy atom. The number of benzene rings is 1. The first-order valence-electron chi connectivity index (χ1n) is 15.6. The van der Waals surface area contributed by atoms with Crippen molar-refractivity contribution in [2.75, 3.05) is 13.6 Å². The van der Waals surface area contributed by atoms with Gasteiger partial charge < -0.3 is 10.0 Å². The van der Waals surface area contributed by atoms with Crippen LogP contribution in [0.4, 0.5) is 10.1 Å². The molecule has 1 N–H and O–H groups in total. The van der Waals surface area contributed by atoms with Crippen molar-refractivity contribution >= 4 is 35.4 Å². The molecule has 1 fully saturated rings. The summed E-state index contributed by atoms with van der Waals surface area (Å²) in [7, 11) is 1.67. The van der Waals surface area contributed by atoms with E-state index in [1.54, 1.807) is 13.1 Å². The van der Waals surface area contributed by atoms with E-state index in [0.29, 0.717) is 36.3 Å². The number of hydrogen-bond acceptors (Lipinski definition) is 3. The smallest absolute Gasteiger partial charge is 0.305 e. The van der Waals surface area contributed by atoms with Crippen LogP contribution in [0.1, 0.15) is 75.3 Å². The first-order chi connectivity index (χ1) is 20.7. The quantitative estimate of drug-likeness (QED) is 0.260. The van der Waals surface area contributed by atoms with Crippen LogP contribution < -0.4 is 0 Å². The summed E-state index contributed by atoms with van der Waals surface area (Å²) >= 11 is 6.42. The number of carbonyl (C=O) groups excluding carboxylic acids is 1. The van der Waals surface area contributed by atoms with Gasteiger partial charge in [0, 0.05) is 37.2 Å². The van der Waals surface area contributed by atoms with Crippen molar-refractivity contribution in [1.29, 1.82) is 0 Å². The number of amides is 1. The lowest BCUT2D eigenvalue weighted by Crippen LogP contribution is -2.28. The fourth-order valence-corrected chi connectivity index (χ4v) is 7.45. The van der Waals surface area contributed by atoms with Crippen LogP contribution in [0, 0.1) is 36.4 Å². The Morgan fingerprint density at radius 3 is 2.70 bits per heavy atom. The molecule has 0 saturated heterocycles. The zero-order valence-electron chi connectivity index (χ0n) is 25.4. The zero-order chi connectivity index (χ0) is 30.7. The number of rotatable bonds is 12. The summed E-state index contributed by atoms with van der Waals surface area (Å²) in [5.74, 6) is 0.318. The monoisotopic (exact) mass is 604 g/mol. The second-order valence-electron chi connectivity index (χ2n) is 12.5. The van der Waals surface area contributed by atoms with E-state index >= 15 is 0 Å². The van der Waals surface area contributed by atoms with Gasteiger partial charge in [-0.15, -0.1) is 0 Å². The second-order valence-corrected chi connectivity index (χ2v) is 12.9. The summed E-state index contributed by atoms with van der Waals surface area (Å²) in [6.45, 7) is 4.42. The maximum Gasteiger partial charge on any atom is 0.305 e. The number of allylic oxidation sites excluding steroid dienone is 10. The molecular formula is C36H42ClFN2O3. The summed E-state index contributed by atoms with van der Waals surface area (Å²) in [6.07, 6.45) is 20.8. The minimum Gasteiger partial charge on any atom is -0.481 e. The standard InChI is InChI=1S/C36H42ClFN2O3/c1-4-6-27(24-12-9-23(10-13-24)11-16-31(41)40(3)18-17-32(42)43)33(25-7-5-8-26(37)15-14-25)35-29-21-39-36-28(34(29)35)19-22(2)20-30(36)38/h7-9,12,14-15,19-21,27,29,33-35H,4-6,10-11,13,16-18H2,1-3H3,(H,42,43). The van der Waals surface area contributed by atoms with Gasteiger partial charge in [0.25, 0.3) is 0 Å². The molecule has 0 aromatic heterocycles. The van der Waals surface area contributed by atoms with E-state index < -0.39 is 5.97 Å². The molecule has 0 bridgehead atoms. The number of fused-ring (bicyclic) bond motifs is 3. The van der Waals surface area contributed by atoms with Crippen molar-refractivity contribution in [2.24, 2.45) is 28.7 Å². The third-order valence-electron chi connectivity index (χ3n) is 9.53. The highest BCUT2D eigenvalue weighted by molar-refractivity contribution is 6.31. The van der Waals surface area contributed by atoms with E-state index in [4.69, 9.17) is 16.7 Å². The second kappa shape index (κ2) is 13.6. The van der Waals surface area contributed by atoms with E-state index in [-0.39, 0.29) is 36.5 Å². The van der Waals surface area contributed by atoms with Gasteiger partial charge in [0.05, 0.1) is 6.42 Å². The Hall–Kier alpha value is -3.25. The lowest BCUT2D eigenvalue weighted by molar-refractivity contribution is -0.138. The Balaban J connectivity index is 1.39. The molecule has 1 aliphatic heterocycles. The highest BCUT2D eigenvalue weighted by Crippen LogP contribution is 2.65. The van der Waals surface area contributed by atoms with Crippen molar-refractivity contribution in [1.82, 2.24) is 4.90 Å². The van der Waals surface area contributed by atoms with Gasteiger partial charge in [-0.05, 0) is 91.5 Å². The van der Waals surface area contributed by atoms with E-state index in [9.17, 15) is 14.0 Å². The number of aliphatic imine (C=N–C) groups is 1. The number of nitrogens with zero attached hydrogens (tertiary/aromatic N) is 2. The number of aliphatic carboxylic acids is 1.